The summed E-state index contributed by atoms with van der Waals surface area (Å²) in [5.74, 6) is 0.180. The molecule has 0 radical (unpaired) electrons. The van der Waals surface area contributed by atoms with Gasteiger partial charge in [-0.3, -0.25) is 0 Å². The third-order valence-electron chi connectivity index (χ3n) is 5.42. The van der Waals surface area contributed by atoms with Crippen LogP contribution < -0.4 is 30.3 Å². The number of benzene rings is 2. The minimum atomic E-state index is -0.853. The molecule has 164 valence electrons. The van der Waals surface area contributed by atoms with Gasteiger partial charge in [-0.1, -0.05) is 0 Å². The van der Waals surface area contributed by atoms with Crippen molar-refractivity contribution in [1.29, 1.82) is 5.26 Å². The van der Waals surface area contributed by atoms with Crippen molar-refractivity contribution < 1.29 is 28.5 Å². The van der Waals surface area contributed by atoms with E-state index in [1.807, 2.05) is 0 Å². The summed E-state index contributed by atoms with van der Waals surface area (Å²) < 4.78 is 27.4. The number of aromatic hydroxyl groups is 1. The zero-order valence-corrected chi connectivity index (χ0v) is 17.8. The smallest absolute Gasteiger partial charge is 0.336 e. The molecule has 32 heavy (non-hydrogen) atoms. The highest BCUT2D eigenvalue weighted by molar-refractivity contribution is 5.91. The van der Waals surface area contributed by atoms with E-state index in [0.29, 0.717) is 33.8 Å². The molecule has 0 fully saturated rings. The number of methoxy groups -OCH3 is 3. The molecule has 0 spiro atoms. The zero-order valence-electron chi connectivity index (χ0n) is 17.8. The summed E-state index contributed by atoms with van der Waals surface area (Å²) in [7, 11) is 4.45. The van der Waals surface area contributed by atoms with Gasteiger partial charge >= 0.3 is 5.63 Å². The second kappa shape index (κ2) is 7.74. The standard InChI is InChI=1S/C23H20N2O7/c1-10-5-18(27)31-17-7-13(26)21-20(12(9-24)23(25)32-22(21)19(10)17)11-6-15(29-3)16(30-4)8-14(11)28-2/h5-8,20,26H,25H2,1-4H3. The molecule has 0 saturated heterocycles. The summed E-state index contributed by atoms with van der Waals surface area (Å²) in [6.45, 7) is 1.71. The van der Waals surface area contributed by atoms with Gasteiger partial charge in [0.05, 0.1) is 38.2 Å². The van der Waals surface area contributed by atoms with Crippen molar-refractivity contribution in [3.05, 3.63) is 62.8 Å². The van der Waals surface area contributed by atoms with Gasteiger partial charge in [0.25, 0.3) is 0 Å². The Morgan fingerprint density at radius 2 is 1.72 bits per heavy atom. The van der Waals surface area contributed by atoms with Crippen LogP contribution in [0, 0.1) is 18.3 Å². The van der Waals surface area contributed by atoms with Crippen LogP contribution >= 0.6 is 0 Å². The molecule has 1 aromatic heterocycles. The van der Waals surface area contributed by atoms with Gasteiger partial charge in [0, 0.05) is 23.8 Å². The quantitative estimate of drug-likeness (QED) is 0.591. The average molecular weight is 436 g/mol. The Kier molecular flexibility index (Phi) is 5.06. The van der Waals surface area contributed by atoms with Gasteiger partial charge in [0.2, 0.25) is 5.88 Å². The number of hydrogen-bond donors (Lipinski definition) is 2. The number of aryl methyl sites for hydroxylation is 1. The van der Waals surface area contributed by atoms with Crippen LogP contribution in [0.25, 0.3) is 11.0 Å². The molecule has 1 atom stereocenters. The maximum Gasteiger partial charge on any atom is 0.336 e. The van der Waals surface area contributed by atoms with Crippen LogP contribution in [0.2, 0.25) is 0 Å². The Labute approximate surface area is 182 Å². The molecule has 3 N–H and O–H groups in total. The summed E-state index contributed by atoms with van der Waals surface area (Å²) in [6.07, 6.45) is 0. The van der Waals surface area contributed by atoms with Crippen molar-refractivity contribution in [1.82, 2.24) is 0 Å². The molecule has 2 aromatic carbocycles. The lowest BCUT2D eigenvalue weighted by Gasteiger charge is -2.29. The molecule has 0 bridgehead atoms. The van der Waals surface area contributed by atoms with E-state index in [2.05, 4.69) is 6.07 Å². The fraction of sp³-hybridized carbons (Fsp3) is 0.217. The van der Waals surface area contributed by atoms with Gasteiger partial charge in [-0.25, -0.2) is 4.79 Å². The van der Waals surface area contributed by atoms with Crippen LogP contribution in [0.5, 0.6) is 28.7 Å². The van der Waals surface area contributed by atoms with Gasteiger partial charge < -0.3 is 34.2 Å². The number of nitrogens with two attached hydrogens (primary N) is 1. The third-order valence-corrected chi connectivity index (χ3v) is 5.42. The van der Waals surface area contributed by atoms with Crippen molar-refractivity contribution in [2.24, 2.45) is 5.73 Å². The Morgan fingerprint density at radius 3 is 2.34 bits per heavy atom. The highest BCUT2D eigenvalue weighted by Crippen LogP contribution is 2.53. The minimum Gasteiger partial charge on any atom is -0.507 e. The first-order valence-electron chi connectivity index (χ1n) is 9.52. The summed E-state index contributed by atoms with van der Waals surface area (Å²) in [6, 6.07) is 7.99. The van der Waals surface area contributed by atoms with Gasteiger partial charge in [0.1, 0.15) is 34.5 Å². The molecule has 3 aromatic rings. The number of phenols is 1. The summed E-state index contributed by atoms with van der Waals surface area (Å²) >= 11 is 0. The van der Waals surface area contributed by atoms with Gasteiger partial charge in [-0.15, -0.1) is 0 Å². The second-order valence-electron chi connectivity index (χ2n) is 7.13. The van der Waals surface area contributed by atoms with Crippen LogP contribution in [0.3, 0.4) is 0 Å². The number of phenolic OH excluding ortho intramolecular Hbond substituents is 1. The van der Waals surface area contributed by atoms with Crippen molar-refractivity contribution in [3.63, 3.8) is 0 Å². The predicted molar refractivity (Wildman–Crippen MR) is 114 cm³/mol. The van der Waals surface area contributed by atoms with E-state index < -0.39 is 11.5 Å². The number of allylic oxidation sites excluding steroid dienone is 1. The first-order chi connectivity index (χ1) is 15.3. The van der Waals surface area contributed by atoms with Crippen LogP contribution in [0.1, 0.15) is 22.6 Å². The van der Waals surface area contributed by atoms with E-state index in [-0.39, 0.29) is 34.1 Å². The van der Waals surface area contributed by atoms with E-state index in [4.69, 9.17) is 29.1 Å². The van der Waals surface area contributed by atoms with E-state index in [1.54, 1.807) is 19.1 Å². The van der Waals surface area contributed by atoms with Gasteiger partial charge in [-0.05, 0) is 18.6 Å². The zero-order chi connectivity index (χ0) is 23.2. The molecule has 1 aliphatic rings. The molecular formula is C23H20N2O7. The average Bonchev–Trinajstić information content (AvgIpc) is 2.76. The number of fused-ring (bicyclic) bond motifs is 3. The lowest BCUT2D eigenvalue weighted by Crippen LogP contribution is -2.22. The first kappa shape index (κ1) is 20.9. The monoisotopic (exact) mass is 436 g/mol. The van der Waals surface area contributed by atoms with Crippen LogP contribution in [-0.4, -0.2) is 26.4 Å². The highest BCUT2D eigenvalue weighted by Gasteiger charge is 2.37. The maximum atomic E-state index is 11.8. The molecule has 0 aliphatic carbocycles. The lowest BCUT2D eigenvalue weighted by molar-refractivity contribution is 0.346. The number of rotatable bonds is 4. The molecule has 1 aliphatic heterocycles. The van der Waals surface area contributed by atoms with Crippen molar-refractivity contribution in [2.45, 2.75) is 12.8 Å². The molecule has 0 amide bonds. The first-order valence-corrected chi connectivity index (χ1v) is 9.52. The molecule has 9 heteroatoms. The predicted octanol–water partition coefficient (Wildman–Crippen LogP) is 3.05. The Balaban J connectivity index is 2.13. The van der Waals surface area contributed by atoms with E-state index in [0.717, 1.165) is 0 Å². The molecular weight excluding hydrogens is 416 g/mol. The largest absolute Gasteiger partial charge is 0.507 e. The SMILES string of the molecule is COc1cc(OC)c(C2C(C#N)=C(N)Oc3c2c(O)cc2oc(=O)cc(C)c32)cc1OC. The fourth-order valence-corrected chi connectivity index (χ4v) is 4.02. The maximum absolute atomic E-state index is 11.8. The van der Waals surface area contributed by atoms with Crippen molar-refractivity contribution in [2.75, 3.05) is 21.3 Å². The van der Waals surface area contributed by atoms with Crippen molar-refractivity contribution in [3.8, 4) is 34.8 Å². The number of hydrogen-bond acceptors (Lipinski definition) is 9. The summed E-state index contributed by atoms with van der Waals surface area (Å²) in [4.78, 5) is 11.8. The lowest BCUT2D eigenvalue weighted by atomic mass is 9.81. The van der Waals surface area contributed by atoms with Gasteiger partial charge in [-0.2, -0.15) is 5.26 Å². The number of nitrogens with zero attached hydrogens (tertiary/aromatic N) is 1. The second-order valence-corrected chi connectivity index (χ2v) is 7.13. The number of ether oxygens (including phenoxy) is 4. The Bertz CT molecular complexity index is 1380. The summed E-state index contributed by atoms with van der Waals surface area (Å²) in [5, 5.41) is 21.3. The van der Waals surface area contributed by atoms with E-state index in [9.17, 15) is 15.2 Å². The van der Waals surface area contributed by atoms with Crippen LogP contribution in [0.4, 0.5) is 0 Å². The Hall–Kier alpha value is -4.32. The molecule has 9 nitrogen and oxygen atoms in total. The van der Waals surface area contributed by atoms with E-state index in [1.165, 1.54) is 33.5 Å². The van der Waals surface area contributed by atoms with Crippen LogP contribution in [-0.2, 0) is 0 Å². The normalized spacial score (nSPS) is 15.0. The molecule has 1 unspecified atom stereocenters. The third kappa shape index (κ3) is 3.04. The molecule has 2 heterocycles. The molecule has 0 saturated carbocycles. The minimum absolute atomic E-state index is 0.0766. The van der Waals surface area contributed by atoms with Crippen molar-refractivity contribution >= 4 is 11.0 Å². The molecule has 4 rings (SSSR count). The summed E-state index contributed by atoms with van der Waals surface area (Å²) in [5.41, 5.74) is 7.13. The fourth-order valence-electron chi connectivity index (χ4n) is 4.02. The van der Waals surface area contributed by atoms with Crippen LogP contribution in [0.15, 0.2) is 44.9 Å². The van der Waals surface area contributed by atoms with E-state index >= 15 is 0 Å². The van der Waals surface area contributed by atoms with Gasteiger partial charge in [0.15, 0.2) is 11.5 Å². The highest BCUT2D eigenvalue weighted by atomic mass is 16.5. The number of nitriles is 1. The Morgan fingerprint density at radius 1 is 1.06 bits per heavy atom. The topological polar surface area (TPSA) is 137 Å².